The third-order valence-electron chi connectivity index (χ3n) is 3.98. The van der Waals surface area contributed by atoms with Gasteiger partial charge in [0.1, 0.15) is 17.0 Å². The lowest BCUT2D eigenvalue weighted by atomic mass is 10.2. The first-order valence-corrected chi connectivity index (χ1v) is 10.9. The van der Waals surface area contributed by atoms with Crippen LogP contribution in [0.2, 0.25) is 0 Å². The zero-order valence-electron chi connectivity index (χ0n) is 20.6. The van der Waals surface area contributed by atoms with Gasteiger partial charge in [-0.3, -0.25) is 15.0 Å². The highest BCUT2D eigenvalue weighted by Gasteiger charge is 2.21. The zero-order valence-corrected chi connectivity index (χ0v) is 20.6. The Balaban J connectivity index is 2.03. The minimum atomic E-state index is -0.897. The fourth-order valence-corrected chi connectivity index (χ4v) is 2.69. The van der Waals surface area contributed by atoms with Crippen molar-refractivity contribution in [1.82, 2.24) is 15.2 Å². The van der Waals surface area contributed by atoms with Crippen LogP contribution in [0.15, 0.2) is 23.3 Å². The molecule has 3 amide bonds. The number of carbonyl (C=O) groups excluding carboxylic acids is 3. The molecule has 1 aromatic rings. The van der Waals surface area contributed by atoms with Gasteiger partial charge in [0.25, 0.3) is 0 Å². The van der Waals surface area contributed by atoms with E-state index in [1.54, 1.807) is 53.7 Å². The van der Waals surface area contributed by atoms with Gasteiger partial charge in [-0.25, -0.2) is 14.6 Å². The molecule has 2 rings (SSSR count). The highest BCUT2D eigenvalue weighted by Crippen LogP contribution is 2.12. The fourth-order valence-electron chi connectivity index (χ4n) is 2.69. The normalized spacial score (nSPS) is 15.3. The molecule has 1 aliphatic heterocycles. The monoisotopic (exact) mass is 478 g/mol. The molecule has 0 unspecified atom stereocenters. The summed E-state index contributed by atoms with van der Waals surface area (Å²) >= 11 is 0. The van der Waals surface area contributed by atoms with Crippen LogP contribution in [0.3, 0.4) is 0 Å². The van der Waals surface area contributed by atoms with Gasteiger partial charge in [0.15, 0.2) is 0 Å². The maximum absolute atomic E-state index is 12.2. The molecule has 34 heavy (non-hydrogen) atoms. The van der Waals surface area contributed by atoms with E-state index in [1.807, 2.05) is 4.90 Å². The maximum Gasteiger partial charge on any atom is 0.437 e. The predicted molar refractivity (Wildman–Crippen MR) is 127 cm³/mol. The van der Waals surface area contributed by atoms with E-state index in [-0.39, 0.29) is 18.4 Å². The molecule has 1 saturated heterocycles. The van der Waals surface area contributed by atoms with Gasteiger partial charge in [-0.05, 0) is 53.7 Å². The number of carbonyl (C=O) groups is 3. The molecule has 188 valence electrons. The molecule has 0 saturated carbocycles. The van der Waals surface area contributed by atoms with Crippen LogP contribution in [-0.4, -0.2) is 78.0 Å². The third kappa shape index (κ3) is 11.1. The Labute approximate surface area is 199 Å². The summed E-state index contributed by atoms with van der Waals surface area (Å²) in [7, 11) is 0. The second-order valence-electron chi connectivity index (χ2n) is 9.56. The Morgan fingerprint density at radius 3 is 2.24 bits per heavy atom. The van der Waals surface area contributed by atoms with E-state index in [9.17, 15) is 14.4 Å². The van der Waals surface area contributed by atoms with Crippen molar-refractivity contribution in [1.29, 1.82) is 0 Å². The number of hydrogen-bond donors (Lipinski definition) is 3. The Morgan fingerprint density at radius 1 is 1.03 bits per heavy atom. The number of guanidine groups is 1. The van der Waals surface area contributed by atoms with Gasteiger partial charge < -0.3 is 24.8 Å². The van der Waals surface area contributed by atoms with Crippen LogP contribution in [0.5, 0.6) is 0 Å². The number of morpholine rings is 1. The fraction of sp³-hybridized carbons (Fsp3) is 0.591. The lowest BCUT2D eigenvalue weighted by molar-refractivity contribution is -0.118. The van der Waals surface area contributed by atoms with Crippen molar-refractivity contribution in [3.05, 3.63) is 18.3 Å². The number of alkyl carbamates (subject to hydrolysis) is 1. The van der Waals surface area contributed by atoms with Gasteiger partial charge in [-0.15, -0.1) is 4.99 Å². The molecule has 0 radical (unpaired) electrons. The highest BCUT2D eigenvalue weighted by molar-refractivity contribution is 6.06. The molecule has 12 nitrogen and oxygen atoms in total. The third-order valence-corrected chi connectivity index (χ3v) is 3.98. The number of pyridine rings is 1. The van der Waals surface area contributed by atoms with Gasteiger partial charge in [0.2, 0.25) is 11.9 Å². The number of nitrogens with zero attached hydrogens (tertiary/aromatic N) is 3. The van der Waals surface area contributed by atoms with Crippen molar-refractivity contribution in [2.45, 2.75) is 52.7 Å². The average Bonchev–Trinajstić information content (AvgIpc) is 2.67. The lowest BCUT2D eigenvalue weighted by Crippen LogP contribution is -2.41. The van der Waals surface area contributed by atoms with Crippen molar-refractivity contribution in [3.8, 4) is 0 Å². The quantitative estimate of drug-likeness (QED) is 0.439. The number of hydrogen-bond acceptors (Lipinski definition) is 8. The SMILES string of the molecule is CC(C)(C)OC(=O)/N=C(/NC(=O)OC(C)(C)C)Nc1ccc(NC(=O)CN2CCOCC2)nc1. The molecule has 2 heterocycles. The number of nitrogens with one attached hydrogen (secondary N) is 3. The van der Waals surface area contributed by atoms with Gasteiger partial charge >= 0.3 is 12.2 Å². The minimum Gasteiger partial charge on any atom is -0.444 e. The topological polar surface area (TPSA) is 143 Å². The minimum absolute atomic E-state index is 0.186. The standard InChI is InChI=1S/C22H34N6O6/c1-21(2,3)33-19(30)26-18(27-20(31)34-22(4,5)6)24-15-7-8-16(23-13-15)25-17(29)14-28-9-11-32-12-10-28/h7-8,13H,9-12,14H2,1-6H3,(H,23,25,29)(H2,24,26,27,30,31). The number of amides is 3. The smallest absolute Gasteiger partial charge is 0.437 e. The first kappa shape index (κ1) is 27.0. The average molecular weight is 479 g/mol. The Bertz CT molecular complexity index is 883. The van der Waals surface area contributed by atoms with E-state index in [2.05, 4.69) is 25.9 Å². The molecular weight excluding hydrogens is 444 g/mol. The number of aliphatic imine (C=N–C) groups is 1. The van der Waals surface area contributed by atoms with Gasteiger partial charge in [-0.1, -0.05) is 0 Å². The van der Waals surface area contributed by atoms with Crippen molar-refractivity contribution in [3.63, 3.8) is 0 Å². The van der Waals surface area contributed by atoms with Gasteiger partial charge in [0.05, 0.1) is 31.6 Å². The highest BCUT2D eigenvalue weighted by atomic mass is 16.6. The largest absolute Gasteiger partial charge is 0.444 e. The van der Waals surface area contributed by atoms with Crippen molar-refractivity contribution in [2.24, 2.45) is 4.99 Å². The number of anilines is 2. The molecule has 1 aliphatic rings. The molecule has 0 bridgehead atoms. The van der Waals surface area contributed by atoms with Crippen LogP contribution >= 0.6 is 0 Å². The summed E-state index contributed by atoms with van der Waals surface area (Å²) in [6.07, 6.45) is -0.278. The maximum atomic E-state index is 12.2. The van der Waals surface area contributed by atoms with Crippen molar-refractivity contribution in [2.75, 3.05) is 43.5 Å². The summed E-state index contributed by atoms with van der Waals surface area (Å²) in [6, 6.07) is 3.19. The number of ether oxygens (including phenoxy) is 3. The zero-order chi connectivity index (χ0) is 25.4. The lowest BCUT2D eigenvalue weighted by Gasteiger charge is -2.25. The predicted octanol–water partition coefficient (Wildman–Crippen LogP) is 2.58. The van der Waals surface area contributed by atoms with Crippen molar-refractivity contribution >= 4 is 35.6 Å². The van der Waals surface area contributed by atoms with E-state index < -0.39 is 23.4 Å². The second kappa shape index (κ2) is 11.7. The van der Waals surface area contributed by atoms with Crippen LogP contribution < -0.4 is 16.0 Å². The Kier molecular flexibility index (Phi) is 9.33. The summed E-state index contributed by atoms with van der Waals surface area (Å²) in [4.78, 5) is 46.5. The van der Waals surface area contributed by atoms with E-state index in [1.165, 1.54) is 6.20 Å². The first-order chi connectivity index (χ1) is 15.8. The van der Waals surface area contributed by atoms with E-state index in [0.717, 1.165) is 0 Å². The molecule has 1 aromatic heterocycles. The summed E-state index contributed by atoms with van der Waals surface area (Å²) < 4.78 is 15.7. The molecule has 0 spiro atoms. The molecule has 0 aromatic carbocycles. The van der Waals surface area contributed by atoms with Gasteiger partial charge in [-0.2, -0.15) is 0 Å². The van der Waals surface area contributed by atoms with E-state index in [0.29, 0.717) is 37.8 Å². The Morgan fingerprint density at radius 2 is 1.68 bits per heavy atom. The van der Waals surface area contributed by atoms with Crippen molar-refractivity contribution < 1.29 is 28.6 Å². The second-order valence-corrected chi connectivity index (χ2v) is 9.56. The molecule has 12 heteroatoms. The summed E-state index contributed by atoms with van der Waals surface area (Å²) in [5.41, 5.74) is -1.10. The molecule has 0 aliphatic carbocycles. The number of rotatable bonds is 4. The summed E-state index contributed by atoms with van der Waals surface area (Å²) in [5, 5.41) is 7.92. The first-order valence-electron chi connectivity index (χ1n) is 10.9. The van der Waals surface area contributed by atoms with Crippen LogP contribution in [0.1, 0.15) is 41.5 Å². The molecule has 0 atom stereocenters. The van der Waals surface area contributed by atoms with Crippen LogP contribution in [0.25, 0.3) is 0 Å². The van der Waals surface area contributed by atoms with Gasteiger partial charge in [0, 0.05) is 13.1 Å². The Hall–Kier alpha value is -3.25. The van der Waals surface area contributed by atoms with E-state index in [4.69, 9.17) is 14.2 Å². The molecule has 3 N–H and O–H groups in total. The molecule has 1 fully saturated rings. The van der Waals surface area contributed by atoms with E-state index >= 15 is 0 Å². The molecular formula is C22H34N6O6. The summed E-state index contributed by atoms with van der Waals surface area (Å²) in [6.45, 7) is 13.1. The summed E-state index contributed by atoms with van der Waals surface area (Å²) in [5.74, 6) is -0.0298. The van der Waals surface area contributed by atoms with Crippen LogP contribution in [0.4, 0.5) is 21.1 Å². The van der Waals surface area contributed by atoms with Crippen LogP contribution in [-0.2, 0) is 19.0 Å². The number of aromatic nitrogens is 1. The van der Waals surface area contributed by atoms with Crippen LogP contribution in [0, 0.1) is 0 Å².